The Bertz CT molecular complexity index is 1310. The topological polar surface area (TPSA) is 157 Å². The Kier molecular flexibility index (Phi) is 11.0. The summed E-state index contributed by atoms with van der Waals surface area (Å²) in [4.78, 5) is 48.3. The Balaban J connectivity index is 1.69. The van der Waals surface area contributed by atoms with Crippen molar-refractivity contribution in [2.45, 2.75) is 108 Å². The Morgan fingerprint density at radius 3 is 2.28 bits per heavy atom. The van der Waals surface area contributed by atoms with Gasteiger partial charge >= 0.3 is 17.9 Å². The molecule has 1 aromatic carbocycles. The molecule has 0 bridgehead atoms. The van der Waals surface area contributed by atoms with Crippen LogP contribution in [0.1, 0.15) is 70.8 Å². The fraction of sp³-hybridized carbons (Fsp3) is 0.586. The summed E-state index contributed by atoms with van der Waals surface area (Å²) < 4.78 is 30.8. The van der Waals surface area contributed by atoms with Crippen molar-refractivity contribution in [2.75, 3.05) is 6.61 Å². The number of hydrogen-bond donors (Lipinski definition) is 1. The van der Waals surface area contributed by atoms with Gasteiger partial charge < -0.3 is 29.0 Å². The van der Waals surface area contributed by atoms with Gasteiger partial charge in [-0.3, -0.25) is 23.7 Å². The number of benzene rings is 1. The molecule has 1 aliphatic carbocycles. The molecule has 13 nitrogen and oxygen atoms in total. The number of rotatable bonds is 11. The molecular formula is C29H38N4O9S. The van der Waals surface area contributed by atoms with Crippen LogP contribution in [-0.2, 0) is 44.7 Å². The molecule has 0 radical (unpaired) electrons. The first-order chi connectivity index (χ1) is 20.5. The van der Waals surface area contributed by atoms with Gasteiger partial charge in [0.1, 0.15) is 36.5 Å². The largest absolute Gasteiger partial charge is 0.485 e. The number of hydrogen-bond acceptors (Lipinski definition) is 12. The lowest BCUT2D eigenvalue weighted by atomic mass is 9.97. The Morgan fingerprint density at radius 2 is 1.65 bits per heavy atom. The van der Waals surface area contributed by atoms with E-state index in [0.717, 1.165) is 37.0 Å². The molecule has 2 aliphatic rings. The third-order valence-electron chi connectivity index (χ3n) is 7.17. The molecule has 0 unspecified atom stereocenters. The Hall–Kier alpha value is -3.65. The summed E-state index contributed by atoms with van der Waals surface area (Å²) in [5, 5.41) is 12.3. The van der Waals surface area contributed by atoms with Gasteiger partial charge in [0.15, 0.2) is 23.2 Å². The predicted molar refractivity (Wildman–Crippen MR) is 153 cm³/mol. The molecular weight excluding hydrogens is 580 g/mol. The van der Waals surface area contributed by atoms with E-state index in [1.165, 1.54) is 39.5 Å². The molecule has 1 amide bonds. The van der Waals surface area contributed by atoms with Gasteiger partial charge in [-0.25, -0.2) is 0 Å². The van der Waals surface area contributed by atoms with E-state index in [9.17, 15) is 19.2 Å². The summed E-state index contributed by atoms with van der Waals surface area (Å²) >= 11 is 1.19. The molecule has 1 saturated heterocycles. The summed E-state index contributed by atoms with van der Waals surface area (Å²) in [5.74, 6) is -0.921. The van der Waals surface area contributed by atoms with E-state index in [1.807, 2.05) is 35.8 Å². The van der Waals surface area contributed by atoms with Gasteiger partial charge in [-0.2, -0.15) is 0 Å². The maximum atomic E-state index is 12.4. The van der Waals surface area contributed by atoms with Crippen LogP contribution in [0.15, 0.2) is 29.4 Å². The second-order valence-corrected chi connectivity index (χ2v) is 11.7. The molecule has 234 valence electrons. The molecule has 1 aromatic heterocycles. The normalized spacial score (nSPS) is 23.8. The summed E-state index contributed by atoms with van der Waals surface area (Å²) in [5.41, 5.74) is 0.102. The lowest BCUT2D eigenvalue weighted by Crippen LogP contribution is -2.65. The first-order valence-electron chi connectivity index (χ1n) is 14.2. The second kappa shape index (κ2) is 14.7. The summed E-state index contributed by atoms with van der Waals surface area (Å²) in [6.07, 6.45) is 0.660. The number of aromatic nitrogens is 3. The fourth-order valence-corrected chi connectivity index (χ4v) is 6.60. The van der Waals surface area contributed by atoms with Gasteiger partial charge in [-0.05, 0) is 31.4 Å². The van der Waals surface area contributed by atoms with Crippen molar-refractivity contribution in [3.63, 3.8) is 0 Å². The maximum Gasteiger partial charge on any atom is 0.303 e. The van der Waals surface area contributed by atoms with Crippen LogP contribution in [0.25, 0.3) is 0 Å². The third kappa shape index (κ3) is 8.47. The van der Waals surface area contributed by atoms with E-state index in [0.29, 0.717) is 11.0 Å². The average molecular weight is 619 g/mol. The zero-order valence-electron chi connectivity index (χ0n) is 24.9. The number of nitrogens with zero attached hydrogens (tertiary/aromatic N) is 3. The van der Waals surface area contributed by atoms with Gasteiger partial charge in [0, 0.05) is 33.7 Å². The quantitative estimate of drug-likeness (QED) is 0.290. The predicted octanol–water partition coefficient (Wildman–Crippen LogP) is 3.03. The molecule has 2 heterocycles. The van der Waals surface area contributed by atoms with E-state index >= 15 is 0 Å². The van der Waals surface area contributed by atoms with Crippen LogP contribution in [0, 0.1) is 6.92 Å². The number of nitrogens with one attached hydrogen (secondary N) is 1. The van der Waals surface area contributed by atoms with Crippen molar-refractivity contribution < 1.29 is 42.9 Å². The van der Waals surface area contributed by atoms with Crippen LogP contribution >= 0.6 is 11.8 Å². The highest BCUT2D eigenvalue weighted by molar-refractivity contribution is 7.99. The van der Waals surface area contributed by atoms with Crippen LogP contribution in [0.2, 0.25) is 0 Å². The number of carbonyl (C=O) groups is 4. The highest BCUT2D eigenvalue weighted by Crippen LogP contribution is 2.39. The van der Waals surface area contributed by atoms with E-state index in [-0.39, 0.29) is 19.3 Å². The van der Waals surface area contributed by atoms with Crippen molar-refractivity contribution in [1.29, 1.82) is 0 Å². The van der Waals surface area contributed by atoms with Crippen LogP contribution in [0.4, 0.5) is 0 Å². The minimum Gasteiger partial charge on any atom is -0.485 e. The van der Waals surface area contributed by atoms with Crippen molar-refractivity contribution in [3.8, 4) is 5.75 Å². The van der Waals surface area contributed by atoms with E-state index in [2.05, 4.69) is 15.5 Å². The zero-order valence-corrected chi connectivity index (χ0v) is 25.8. The van der Waals surface area contributed by atoms with Crippen LogP contribution in [-0.4, -0.2) is 75.0 Å². The number of carbonyl (C=O) groups excluding carboxylic acids is 4. The van der Waals surface area contributed by atoms with Crippen molar-refractivity contribution in [1.82, 2.24) is 20.1 Å². The van der Waals surface area contributed by atoms with E-state index in [4.69, 9.17) is 23.7 Å². The highest BCUT2D eigenvalue weighted by atomic mass is 32.2. The van der Waals surface area contributed by atoms with Gasteiger partial charge in [0.05, 0.1) is 0 Å². The summed E-state index contributed by atoms with van der Waals surface area (Å²) in [6.45, 7) is 6.85. The van der Waals surface area contributed by atoms with Gasteiger partial charge in [0.2, 0.25) is 5.91 Å². The number of thioether (sulfide) groups is 1. The Morgan fingerprint density at radius 1 is 0.977 bits per heavy atom. The highest BCUT2D eigenvalue weighted by Gasteiger charge is 2.51. The van der Waals surface area contributed by atoms with Gasteiger partial charge in [-0.1, -0.05) is 42.8 Å². The Labute approximate surface area is 254 Å². The van der Waals surface area contributed by atoms with Crippen molar-refractivity contribution in [3.05, 3.63) is 35.7 Å². The van der Waals surface area contributed by atoms with Crippen LogP contribution < -0.4 is 10.1 Å². The summed E-state index contributed by atoms with van der Waals surface area (Å²) in [7, 11) is 0. The molecule has 1 saturated carbocycles. The first-order valence-corrected chi connectivity index (χ1v) is 15.1. The lowest BCUT2D eigenvalue weighted by Gasteiger charge is -2.44. The number of para-hydroxylation sites is 1. The second-order valence-electron chi connectivity index (χ2n) is 10.6. The number of aryl methyl sites for hydroxylation is 1. The SMILES string of the molecule is CC(=O)N[C@H]1[C@@H](OC(C)=O)[C@H](OC(C)=O)[C@@H](COC(C)=O)O[C@H]1Sc1nnc(COc2ccccc2C)n1C1CCCC1. The lowest BCUT2D eigenvalue weighted by molar-refractivity contribution is -0.211. The standard InChI is InChI=1S/C29H38N4O9S/c1-16-10-6-9-13-22(16)39-15-24-31-32-29(33(24)21-11-7-8-12-21)43-28-25(30-17(2)34)27(41-20(5)37)26(40-19(4)36)23(42-28)14-38-18(3)35/h6,9-10,13,21,23,25-28H,7-8,11-12,14-15H2,1-5H3,(H,30,34)/t23-,25+,26-,27-,28+/m1/s1. The fourth-order valence-electron chi connectivity index (χ4n) is 5.37. The van der Waals surface area contributed by atoms with E-state index < -0.39 is 53.6 Å². The number of esters is 3. The monoisotopic (exact) mass is 618 g/mol. The van der Waals surface area contributed by atoms with Crippen molar-refractivity contribution in [2.24, 2.45) is 0 Å². The van der Waals surface area contributed by atoms with Crippen molar-refractivity contribution >= 4 is 35.6 Å². The molecule has 4 rings (SSSR count). The smallest absolute Gasteiger partial charge is 0.303 e. The molecule has 5 atom stereocenters. The number of amides is 1. The van der Waals surface area contributed by atoms with E-state index in [1.54, 1.807) is 0 Å². The van der Waals surface area contributed by atoms with Crippen LogP contribution in [0.3, 0.4) is 0 Å². The molecule has 1 aliphatic heterocycles. The zero-order chi connectivity index (χ0) is 31.1. The molecule has 0 spiro atoms. The van der Waals surface area contributed by atoms with Crippen LogP contribution in [0.5, 0.6) is 5.75 Å². The molecule has 1 N–H and O–H groups in total. The minimum atomic E-state index is -1.17. The third-order valence-corrected chi connectivity index (χ3v) is 8.29. The minimum absolute atomic E-state index is 0.130. The molecule has 14 heteroatoms. The molecule has 43 heavy (non-hydrogen) atoms. The molecule has 2 aromatic rings. The maximum absolute atomic E-state index is 12.4. The van der Waals surface area contributed by atoms with Gasteiger partial charge in [-0.15, -0.1) is 10.2 Å². The number of ether oxygens (including phenoxy) is 5. The first kappa shape index (κ1) is 32.3. The van der Waals surface area contributed by atoms with Gasteiger partial charge in [0.25, 0.3) is 0 Å². The molecule has 2 fully saturated rings. The average Bonchev–Trinajstić information content (AvgIpc) is 3.59. The summed E-state index contributed by atoms with van der Waals surface area (Å²) in [6, 6.07) is 6.89.